The van der Waals surface area contributed by atoms with Crippen LogP contribution < -0.4 is 5.32 Å². The van der Waals surface area contributed by atoms with E-state index in [0.29, 0.717) is 0 Å². The second-order valence-corrected chi connectivity index (χ2v) is 3.69. The summed E-state index contributed by atoms with van der Waals surface area (Å²) in [7, 11) is 0. The molecule has 1 heterocycles. The van der Waals surface area contributed by atoms with Gasteiger partial charge in [0, 0.05) is 7.63 Å². The molecule has 0 amide bonds. The van der Waals surface area contributed by atoms with Crippen molar-refractivity contribution in [2.45, 2.75) is 46.6 Å². The van der Waals surface area contributed by atoms with Crippen LogP contribution in [0.15, 0.2) is 29.4 Å². The molecule has 0 unspecified atom stereocenters. The van der Waals surface area contributed by atoms with Crippen LogP contribution in [0.3, 0.4) is 0 Å². The highest BCUT2D eigenvalue weighted by molar-refractivity contribution is 6.02. The van der Waals surface area contributed by atoms with Gasteiger partial charge in [0.15, 0.2) is 0 Å². The van der Waals surface area contributed by atoms with E-state index in [1.54, 1.807) is 0 Å². The molecule has 0 saturated heterocycles. The fourth-order valence-corrected chi connectivity index (χ4v) is 1.40. The van der Waals surface area contributed by atoms with E-state index in [2.05, 4.69) is 49.3 Å². The molecule has 0 fully saturated rings. The Morgan fingerprint density at radius 2 is 2.07 bits per heavy atom. The van der Waals surface area contributed by atoms with E-state index in [4.69, 9.17) is 0 Å². The Hall–Kier alpha value is -0.890. The molecule has 88 valence electrons. The van der Waals surface area contributed by atoms with Gasteiger partial charge in [-0.3, -0.25) is 4.99 Å². The van der Waals surface area contributed by atoms with Crippen LogP contribution in [0.4, 0.5) is 0 Å². The Kier molecular flexibility index (Phi) is 6.97. The van der Waals surface area contributed by atoms with Gasteiger partial charge in [0.25, 0.3) is 0 Å². The third-order valence-corrected chi connectivity index (χ3v) is 2.13. The van der Waals surface area contributed by atoms with Gasteiger partial charge >= 0.3 is 0 Å². The summed E-state index contributed by atoms with van der Waals surface area (Å²) in [5.74, 6) is 0. The molecule has 0 atom stereocenters. The van der Waals surface area contributed by atoms with Gasteiger partial charge < -0.3 is 5.32 Å². The standard InChI is InChI=1S/C11H18N2.C2H6.H2/c1-4-13-11(2,3)10-8-6-5-7-9-12-10;1-2;/h6-9,13H,4-5H2,1-3H3;1-2H3;1H. The Morgan fingerprint density at radius 3 is 2.67 bits per heavy atom. The largest absolute Gasteiger partial charge is 0.307 e. The number of nitrogens with zero attached hydrogens (tertiary/aromatic N) is 1. The number of nitrogens with one attached hydrogen (secondary N) is 1. The lowest BCUT2D eigenvalue weighted by Gasteiger charge is -2.25. The van der Waals surface area contributed by atoms with Gasteiger partial charge in [-0.25, -0.2) is 0 Å². The molecule has 1 aliphatic heterocycles. The first-order valence-electron chi connectivity index (χ1n) is 5.81. The van der Waals surface area contributed by atoms with Crippen molar-refractivity contribution in [3.63, 3.8) is 0 Å². The van der Waals surface area contributed by atoms with E-state index in [1.165, 1.54) is 0 Å². The maximum atomic E-state index is 4.40. The molecular weight excluding hydrogens is 184 g/mol. The number of hydrogen-bond donors (Lipinski definition) is 1. The maximum absolute atomic E-state index is 4.40. The van der Waals surface area contributed by atoms with Gasteiger partial charge in [-0.2, -0.15) is 0 Å². The highest BCUT2D eigenvalue weighted by Crippen LogP contribution is 2.10. The van der Waals surface area contributed by atoms with Crippen molar-refractivity contribution < 1.29 is 1.43 Å². The van der Waals surface area contributed by atoms with Gasteiger partial charge in [0.05, 0.1) is 11.3 Å². The van der Waals surface area contributed by atoms with Crippen LogP contribution in [0.5, 0.6) is 0 Å². The van der Waals surface area contributed by atoms with E-state index in [9.17, 15) is 0 Å². The minimum atomic E-state index is -0.0278. The van der Waals surface area contributed by atoms with Gasteiger partial charge in [-0.1, -0.05) is 32.9 Å². The van der Waals surface area contributed by atoms with Crippen LogP contribution in [0.25, 0.3) is 0 Å². The van der Waals surface area contributed by atoms with E-state index in [0.717, 1.165) is 18.7 Å². The van der Waals surface area contributed by atoms with E-state index >= 15 is 0 Å². The van der Waals surface area contributed by atoms with Crippen molar-refractivity contribution in [3.8, 4) is 0 Å². The molecule has 1 aliphatic rings. The first-order valence-corrected chi connectivity index (χ1v) is 5.81. The summed E-state index contributed by atoms with van der Waals surface area (Å²) in [5, 5.41) is 3.40. The topological polar surface area (TPSA) is 24.4 Å². The van der Waals surface area contributed by atoms with E-state index < -0.39 is 0 Å². The Morgan fingerprint density at radius 1 is 1.40 bits per heavy atom. The molecule has 0 aromatic rings. The minimum Gasteiger partial charge on any atom is -0.307 e. The molecule has 1 rings (SSSR count). The first kappa shape index (κ1) is 14.1. The second-order valence-electron chi connectivity index (χ2n) is 3.69. The highest BCUT2D eigenvalue weighted by Gasteiger charge is 2.21. The summed E-state index contributed by atoms with van der Waals surface area (Å²) in [4.78, 5) is 4.40. The number of allylic oxidation sites excluding steroid dienone is 2. The maximum Gasteiger partial charge on any atom is 0.0595 e. The quantitative estimate of drug-likeness (QED) is 0.756. The average molecular weight is 210 g/mol. The lowest BCUT2D eigenvalue weighted by Crippen LogP contribution is -2.45. The summed E-state index contributed by atoms with van der Waals surface area (Å²) < 4.78 is 0. The van der Waals surface area contributed by atoms with Crippen LogP contribution in [0.2, 0.25) is 0 Å². The van der Waals surface area contributed by atoms with Gasteiger partial charge in [-0.15, -0.1) is 0 Å². The third-order valence-electron chi connectivity index (χ3n) is 2.13. The molecule has 0 bridgehead atoms. The van der Waals surface area contributed by atoms with Gasteiger partial charge in [0.1, 0.15) is 0 Å². The Bertz CT molecular complexity index is 253. The van der Waals surface area contributed by atoms with Crippen LogP contribution >= 0.6 is 0 Å². The zero-order valence-electron chi connectivity index (χ0n) is 10.7. The fraction of sp³-hybridized carbons (Fsp3) is 0.615. The normalized spacial score (nSPS) is 15.1. The average Bonchev–Trinajstić information content (AvgIpc) is 2.49. The van der Waals surface area contributed by atoms with Gasteiger partial charge in [-0.05, 0) is 32.9 Å². The monoisotopic (exact) mass is 210 g/mol. The molecule has 2 heteroatoms. The molecule has 0 radical (unpaired) electrons. The smallest absolute Gasteiger partial charge is 0.0595 e. The van der Waals surface area contributed by atoms with Crippen LogP contribution in [-0.2, 0) is 0 Å². The predicted octanol–water partition coefficient (Wildman–Crippen LogP) is 3.56. The number of rotatable bonds is 3. The van der Waals surface area contributed by atoms with Gasteiger partial charge in [0.2, 0.25) is 0 Å². The molecule has 0 spiro atoms. The summed E-state index contributed by atoms with van der Waals surface area (Å²) in [6.45, 7) is 11.4. The molecule has 0 aliphatic carbocycles. The van der Waals surface area contributed by atoms with E-state index in [-0.39, 0.29) is 6.97 Å². The molecule has 1 N–H and O–H groups in total. The van der Waals surface area contributed by atoms with Crippen molar-refractivity contribution in [1.82, 2.24) is 5.32 Å². The van der Waals surface area contributed by atoms with Crippen molar-refractivity contribution in [2.24, 2.45) is 4.99 Å². The molecule has 0 saturated carbocycles. The highest BCUT2D eigenvalue weighted by atomic mass is 15.0. The Balaban J connectivity index is 0. The van der Waals surface area contributed by atoms with Crippen molar-refractivity contribution in [3.05, 3.63) is 24.4 Å². The number of aliphatic imine (C=N–C) groups is 1. The van der Waals surface area contributed by atoms with Crippen LogP contribution in [-0.4, -0.2) is 17.8 Å². The second kappa shape index (κ2) is 7.41. The zero-order valence-corrected chi connectivity index (χ0v) is 10.7. The van der Waals surface area contributed by atoms with E-state index in [1.807, 2.05) is 20.0 Å². The summed E-state index contributed by atoms with van der Waals surface area (Å²) in [5.41, 5.74) is 1.07. The zero-order chi connectivity index (χ0) is 11.7. The lowest BCUT2D eigenvalue weighted by atomic mass is 9.97. The summed E-state index contributed by atoms with van der Waals surface area (Å²) in [6, 6.07) is 0. The number of hydrogen-bond acceptors (Lipinski definition) is 2. The fourth-order valence-electron chi connectivity index (χ4n) is 1.40. The molecule has 15 heavy (non-hydrogen) atoms. The van der Waals surface area contributed by atoms with Crippen molar-refractivity contribution in [2.75, 3.05) is 6.54 Å². The summed E-state index contributed by atoms with van der Waals surface area (Å²) >= 11 is 0. The minimum absolute atomic E-state index is 0. The Labute approximate surface area is 95.7 Å². The molecule has 0 aromatic carbocycles. The van der Waals surface area contributed by atoms with Crippen molar-refractivity contribution in [1.29, 1.82) is 0 Å². The van der Waals surface area contributed by atoms with Crippen molar-refractivity contribution >= 4 is 5.71 Å². The van der Waals surface area contributed by atoms with Crippen LogP contribution in [0.1, 0.15) is 42.5 Å². The summed E-state index contributed by atoms with van der Waals surface area (Å²) in [6.07, 6.45) is 9.17. The molecular formula is C13H26N2. The SMILES string of the molecule is CC.CCNC(C)(C)C1=NC=CCC=C1.[HH]. The molecule has 2 nitrogen and oxygen atoms in total. The predicted molar refractivity (Wildman–Crippen MR) is 71.5 cm³/mol. The molecule has 0 aromatic heterocycles. The first-order chi connectivity index (χ1) is 7.17. The van der Waals surface area contributed by atoms with Crippen LogP contribution in [0, 0.1) is 0 Å². The third kappa shape index (κ3) is 4.93. The lowest BCUT2D eigenvalue weighted by molar-refractivity contribution is 0.525.